The van der Waals surface area contributed by atoms with Crippen molar-refractivity contribution in [1.29, 1.82) is 0 Å². The fourth-order valence-corrected chi connectivity index (χ4v) is 5.22. The Kier molecular flexibility index (Phi) is 8.22. The fourth-order valence-electron chi connectivity index (χ4n) is 4.89. The number of anilines is 1. The molecule has 2 aromatic heterocycles. The number of furan rings is 1. The first-order chi connectivity index (χ1) is 19.1. The molecule has 5 rings (SSSR count). The van der Waals surface area contributed by atoms with E-state index in [2.05, 4.69) is 22.5 Å². The van der Waals surface area contributed by atoms with Crippen LogP contribution in [0.5, 0.6) is 5.75 Å². The molecule has 2 aromatic carbocycles. The lowest BCUT2D eigenvalue weighted by atomic mass is 10.0. The van der Waals surface area contributed by atoms with Crippen LogP contribution in [-0.2, 0) is 11.2 Å². The number of aromatic nitrogens is 1. The van der Waals surface area contributed by atoms with E-state index >= 15 is 0 Å². The molecule has 0 aliphatic carbocycles. The molecule has 2 N–H and O–H groups in total. The number of nitrogens with one attached hydrogen (secondary N) is 2. The molecule has 1 aliphatic heterocycles. The Labute approximate surface area is 234 Å². The van der Waals surface area contributed by atoms with Crippen LogP contribution in [0.3, 0.4) is 0 Å². The van der Waals surface area contributed by atoms with Crippen LogP contribution in [-0.4, -0.2) is 34.1 Å². The summed E-state index contributed by atoms with van der Waals surface area (Å²) >= 11 is 5.76. The summed E-state index contributed by atoms with van der Waals surface area (Å²) in [6, 6.07) is 25.0. The van der Waals surface area contributed by atoms with Crippen molar-refractivity contribution < 1.29 is 13.9 Å². The van der Waals surface area contributed by atoms with Gasteiger partial charge in [-0.3, -0.25) is 9.78 Å². The zero-order valence-corrected chi connectivity index (χ0v) is 22.9. The van der Waals surface area contributed by atoms with Gasteiger partial charge in [-0.25, -0.2) is 0 Å². The van der Waals surface area contributed by atoms with E-state index in [1.165, 1.54) is 0 Å². The molecule has 1 fully saturated rings. The molecule has 2 atom stereocenters. The van der Waals surface area contributed by atoms with Crippen LogP contribution in [0.2, 0.25) is 0 Å². The highest BCUT2D eigenvalue weighted by Crippen LogP contribution is 2.40. The average Bonchev–Trinajstić information content (AvgIpc) is 3.58. The number of amides is 1. The minimum absolute atomic E-state index is 0.0618. The first-order valence-corrected chi connectivity index (χ1v) is 13.7. The lowest BCUT2D eigenvalue weighted by Crippen LogP contribution is -2.32. The van der Waals surface area contributed by atoms with Crippen molar-refractivity contribution in [3.8, 4) is 17.1 Å². The summed E-state index contributed by atoms with van der Waals surface area (Å²) in [7, 11) is 0. The molecule has 1 saturated heterocycles. The molecule has 39 heavy (non-hydrogen) atoms. The number of hydrogen-bond donors (Lipinski definition) is 2. The van der Waals surface area contributed by atoms with Gasteiger partial charge in [-0.15, -0.1) is 0 Å². The van der Waals surface area contributed by atoms with Crippen molar-refractivity contribution in [1.82, 2.24) is 15.2 Å². The van der Waals surface area contributed by atoms with Gasteiger partial charge >= 0.3 is 0 Å². The summed E-state index contributed by atoms with van der Waals surface area (Å²) in [5, 5.41) is 7.05. The number of carbonyl (C=O) groups is 1. The molecule has 8 heteroatoms. The van der Waals surface area contributed by atoms with Crippen molar-refractivity contribution in [3.05, 3.63) is 102 Å². The molecule has 1 amide bonds. The summed E-state index contributed by atoms with van der Waals surface area (Å²) in [6.45, 7) is 5.09. The maximum absolute atomic E-state index is 13.0. The molecular weight excluding hydrogens is 508 g/mol. The Bertz CT molecular complexity index is 1420. The number of hydrogen-bond acceptors (Lipinski definition) is 5. The largest absolute Gasteiger partial charge is 0.494 e. The second kappa shape index (κ2) is 12.1. The number of benzene rings is 2. The van der Waals surface area contributed by atoms with Crippen molar-refractivity contribution in [2.75, 3.05) is 18.5 Å². The monoisotopic (exact) mass is 540 g/mol. The number of pyridine rings is 1. The number of aryl methyl sites for hydroxylation is 1. The highest BCUT2D eigenvalue weighted by Gasteiger charge is 2.41. The van der Waals surface area contributed by atoms with E-state index in [1.807, 2.05) is 90.7 Å². The quantitative estimate of drug-likeness (QED) is 0.228. The Hall–Kier alpha value is -4.17. The lowest BCUT2D eigenvalue weighted by molar-refractivity contribution is -0.116. The van der Waals surface area contributed by atoms with Crippen LogP contribution in [0, 0.1) is 0 Å². The van der Waals surface area contributed by atoms with Gasteiger partial charge in [-0.05, 0) is 85.7 Å². The van der Waals surface area contributed by atoms with E-state index in [0.29, 0.717) is 18.3 Å². The smallest absolute Gasteiger partial charge is 0.226 e. The van der Waals surface area contributed by atoms with Gasteiger partial charge in [0.05, 0.1) is 18.3 Å². The van der Waals surface area contributed by atoms with Crippen molar-refractivity contribution >= 4 is 28.9 Å². The highest BCUT2D eigenvalue weighted by atomic mass is 32.1. The first-order valence-electron chi connectivity index (χ1n) is 13.3. The van der Waals surface area contributed by atoms with Gasteiger partial charge in [-0.1, -0.05) is 31.2 Å². The van der Waals surface area contributed by atoms with Crippen LogP contribution in [0.15, 0.2) is 89.5 Å². The Balaban J connectivity index is 1.38. The molecular formula is C31H32N4O3S. The van der Waals surface area contributed by atoms with Gasteiger partial charge < -0.3 is 24.7 Å². The van der Waals surface area contributed by atoms with Gasteiger partial charge in [0, 0.05) is 30.4 Å². The van der Waals surface area contributed by atoms with E-state index in [4.69, 9.17) is 21.4 Å². The van der Waals surface area contributed by atoms with E-state index in [-0.39, 0.29) is 24.4 Å². The maximum atomic E-state index is 13.0. The fraction of sp³-hybridized carbons (Fsp3) is 0.258. The summed E-state index contributed by atoms with van der Waals surface area (Å²) in [5.41, 5.74) is 3.76. The molecule has 1 aliphatic rings. The van der Waals surface area contributed by atoms with Crippen molar-refractivity contribution in [2.24, 2.45) is 0 Å². The number of ether oxygens (including phenoxy) is 1. The molecule has 7 nitrogen and oxygen atoms in total. The van der Waals surface area contributed by atoms with Crippen LogP contribution >= 0.6 is 12.2 Å². The number of rotatable bonds is 10. The minimum atomic E-state index is -0.264. The van der Waals surface area contributed by atoms with Crippen LogP contribution in [0.4, 0.5) is 5.69 Å². The second-order valence-electron chi connectivity index (χ2n) is 9.29. The number of para-hydroxylation sites is 1. The highest BCUT2D eigenvalue weighted by molar-refractivity contribution is 7.80. The third-order valence-electron chi connectivity index (χ3n) is 6.82. The maximum Gasteiger partial charge on any atom is 0.226 e. The Morgan fingerprint density at radius 1 is 1.05 bits per heavy atom. The number of thiocarbonyl (C=S) groups is 1. The summed E-state index contributed by atoms with van der Waals surface area (Å²) in [4.78, 5) is 19.6. The van der Waals surface area contributed by atoms with E-state index in [0.717, 1.165) is 46.2 Å². The van der Waals surface area contributed by atoms with Gasteiger partial charge in [-0.2, -0.15) is 0 Å². The zero-order chi connectivity index (χ0) is 27.2. The molecule has 0 saturated carbocycles. The predicted molar refractivity (Wildman–Crippen MR) is 157 cm³/mol. The lowest BCUT2D eigenvalue weighted by Gasteiger charge is -2.26. The molecule has 4 aromatic rings. The first kappa shape index (κ1) is 26.4. The van der Waals surface area contributed by atoms with E-state index in [1.54, 1.807) is 6.20 Å². The van der Waals surface area contributed by atoms with Gasteiger partial charge in [0.15, 0.2) is 5.11 Å². The molecule has 0 bridgehead atoms. The third-order valence-corrected chi connectivity index (χ3v) is 7.17. The molecule has 200 valence electrons. The SMILES string of the molecule is CCOc1ccc(-c2ccc([C@H]3[C@H](c4ccccn4)NC(=S)N3CCC(=O)Nc3ccccc3CC)o2)cc1. The molecule has 3 heterocycles. The Morgan fingerprint density at radius 2 is 1.85 bits per heavy atom. The summed E-state index contributed by atoms with van der Waals surface area (Å²) < 4.78 is 12.0. The Morgan fingerprint density at radius 3 is 2.59 bits per heavy atom. The molecule has 0 unspecified atom stereocenters. The number of carbonyl (C=O) groups excluding carboxylic acids is 1. The van der Waals surface area contributed by atoms with E-state index < -0.39 is 0 Å². The normalized spacial score (nSPS) is 16.7. The second-order valence-corrected chi connectivity index (χ2v) is 9.67. The van der Waals surface area contributed by atoms with Gasteiger partial charge in [0.2, 0.25) is 5.91 Å². The standard InChI is InChI=1S/C31H32N4O3S/c1-3-21-9-5-6-10-24(21)33-28(36)18-20-35-30(29(34-31(35)39)25-11-7-8-19-32-25)27-17-16-26(38-27)22-12-14-23(15-13-22)37-4-2/h5-17,19,29-30H,3-4,18,20H2,1-2H3,(H,33,36)(H,34,39)/t29-,30-/m0/s1. The van der Waals surface area contributed by atoms with Crippen LogP contribution in [0.1, 0.15) is 49.4 Å². The van der Waals surface area contributed by atoms with Crippen LogP contribution < -0.4 is 15.4 Å². The summed E-state index contributed by atoms with van der Waals surface area (Å²) in [5.74, 6) is 2.26. The van der Waals surface area contributed by atoms with Gasteiger partial charge in [0.25, 0.3) is 0 Å². The third kappa shape index (κ3) is 5.96. The number of nitrogens with zero attached hydrogens (tertiary/aromatic N) is 2. The predicted octanol–water partition coefficient (Wildman–Crippen LogP) is 6.30. The summed E-state index contributed by atoms with van der Waals surface area (Å²) in [6.07, 6.45) is 2.89. The average molecular weight is 541 g/mol. The zero-order valence-electron chi connectivity index (χ0n) is 22.1. The van der Waals surface area contributed by atoms with Crippen molar-refractivity contribution in [2.45, 2.75) is 38.8 Å². The minimum Gasteiger partial charge on any atom is -0.494 e. The van der Waals surface area contributed by atoms with Crippen LogP contribution in [0.25, 0.3) is 11.3 Å². The topological polar surface area (TPSA) is 79.6 Å². The molecule has 0 radical (unpaired) electrons. The van der Waals surface area contributed by atoms with E-state index in [9.17, 15) is 4.79 Å². The molecule has 0 spiro atoms. The van der Waals surface area contributed by atoms with Gasteiger partial charge in [0.1, 0.15) is 23.3 Å². The van der Waals surface area contributed by atoms with Crippen molar-refractivity contribution in [3.63, 3.8) is 0 Å².